The molecule has 1 atom stereocenters. The van der Waals surface area contributed by atoms with E-state index in [0.29, 0.717) is 38.7 Å². The van der Waals surface area contributed by atoms with Crippen LogP contribution in [0, 0.1) is 0 Å². The molecule has 0 saturated carbocycles. The molecule has 1 aliphatic rings. The molecule has 0 aliphatic carbocycles. The predicted octanol–water partition coefficient (Wildman–Crippen LogP) is 4.45. The number of benzene rings is 2. The summed E-state index contributed by atoms with van der Waals surface area (Å²) < 4.78 is 19.0. The summed E-state index contributed by atoms with van der Waals surface area (Å²) in [7, 11) is 1.59. The third kappa shape index (κ3) is 5.07. The maximum atomic E-state index is 13.7. The number of methoxy groups -OCH3 is 1. The second-order valence-electron chi connectivity index (χ2n) is 8.50. The van der Waals surface area contributed by atoms with Crippen molar-refractivity contribution in [1.29, 1.82) is 0 Å². The minimum Gasteiger partial charge on any atom is -0.493 e. The number of thiophene rings is 1. The van der Waals surface area contributed by atoms with Crippen molar-refractivity contribution in [3.05, 3.63) is 113 Å². The van der Waals surface area contributed by atoms with Gasteiger partial charge in [0.15, 0.2) is 16.3 Å². The number of fused-ring (bicyclic) bond motifs is 1. The van der Waals surface area contributed by atoms with E-state index >= 15 is 0 Å². The Balaban J connectivity index is 1.53. The number of aromatic nitrogens is 1. The maximum absolute atomic E-state index is 13.7. The van der Waals surface area contributed by atoms with E-state index in [1.807, 2.05) is 72.1 Å². The number of hydrogen-bond acceptors (Lipinski definition) is 8. The molecule has 5 rings (SSSR count). The van der Waals surface area contributed by atoms with E-state index in [4.69, 9.17) is 14.2 Å². The number of esters is 1. The Kier molecular flexibility index (Phi) is 7.57. The van der Waals surface area contributed by atoms with E-state index in [1.165, 1.54) is 22.7 Å². The number of rotatable bonds is 8. The van der Waals surface area contributed by atoms with Gasteiger partial charge in [0.2, 0.25) is 0 Å². The molecule has 3 heterocycles. The van der Waals surface area contributed by atoms with E-state index in [9.17, 15) is 9.59 Å². The van der Waals surface area contributed by atoms with Crippen molar-refractivity contribution in [1.82, 2.24) is 4.57 Å². The van der Waals surface area contributed by atoms with Crippen molar-refractivity contribution in [3.63, 3.8) is 0 Å². The molecule has 194 valence electrons. The SMILES string of the molecule is CCOC(=O)C1=C(C)N=c2s/c(=C/c3ccc(OCc4ccccc4)c(OC)c3)c(=O)n2[C@@H]1c1cccs1. The fourth-order valence-corrected chi connectivity index (χ4v) is 6.16. The van der Waals surface area contributed by atoms with Crippen molar-refractivity contribution in [2.24, 2.45) is 4.99 Å². The van der Waals surface area contributed by atoms with E-state index < -0.39 is 12.0 Å². The Labute approximate surface area is 227 Å². The molecule has 2 aromatic heterocycles. The minimum absolute atomic E-state index is 0.218. The first-order chi connectivity index (χ1) is 18.5. The second kappa shape index (κ2) is 11.2. The lowest BCUT2D eigenvalue weighted by molar-refractivity contribution is -0.139. The standard InChI is InChI=1S/C29H26N2O5S2/c1-4-35-28(33)25-18(2)30-29-31(26(25)23-11-8-14-37-23)27(32)24(38-29)16-20-12-13-21(22(15-20)34-3)36-17-19-9-6-5-7-10-19/h5-16,26H,4,17H2,1-3H3/b24-16+/t26-/m1/s1. The van der Waals surface area contributed by atoms with Gasteiger partial charge in [-0.1, -0.05) is 53.8 Å². The number of allylic oxidation sites excluding steroid dienone is 1. The van der Waals surface area contributed by atoms with Gasteiger partial charge in [0.1, 0.15) is 12.6 Å². The first-order valence-corrected chi connectivity index (χ1v) is 13.8. The molecule has 0 fully saturated rings. The molecule has 38 heavy (non-hydrogen) atoms. The van der Waals surface area contributed by atoms with Crippen LogP contribution < -0.4 is 24.4 Å². The normalized spacial score (nSPS) is 15.1. The minimum atomic E-state index is -0.587. The highest BCUT2D eigenvalue weighted by molar-refractivity contribution is 7.10. The van der Waals surface area contributed by atoms with Crippen molar-refractivity contribution in [2.75, 3.05) is 13.7 Å². The summed E-state index contributed by atoms with van der Waals surface area (Å²) in [5, 5.41) is 1.93. The number of thiazole rings is 1. The third-order valence-electron chi connectivity index (χ3n) is 6.05. The Hall–Kier alpha value is -3.95. The Bertz CT molecular complexity index is 1670. The molecule has 0 amide bonds. The zero-order valence-corrected chi connectivity index (χ0v) is 22.8. The highest BCUT2D eigenvalue weighted by Crippen LogP contribution is 2.33. The number of carbonyl (C=O) groups excluding carboxylic acids is 1. The summed E-state index contributed by atoms with van der Waals surface area (Å²) in [6, 6.07) is 18.7. The molecule has 7 nitrogen and oxygen atoms in total. The molecule has 0 radical (unpaired) electrons. The second-order valence-corrected chi connectivity index (χ2v) is 10.5. The van der Waals surface area contributed by atoms with Crippen LogP contribution in [0.25, 0.3) is 6.08 Å². The molecule has 0 saturated heterocycles. The largest absolute Gasteiger partial charge is 0.493 e. The average Bonchev–Trinajstić information content (AvgIpc) is 3.56. The van der Waals surface area contributed by atoms with Gasteiger partial charge in [0.05, 0.1) is 29.5 Å². The van der Waals surface area contributed by atoms with Gasteiger partial charge in [0, 0.05) is 4.88 Å². The van der Waals surface area contributed by atoms with Crippen LogP contribution in [-0.2, 0) is 16.1 Å². The molecule has 9 heteroatoms. The van der Waals surface area contributed by atoms with Crippen LogP contribution in [0.1, 0.15) is 35.9 Å². The Morgan fingerprint density at radius 2 is 1.92 bits per heavy atom. The van der Waals surface area contributed by atoms with E-state index in [0.717, 1.165) is 16.0 Å². The lowest BCUT2D eigenvalue weighted by atomic mass is 10.0. The van der Waals surface area contributed by atoms with Gasteiger partial charge in [-0.2, -0.15) is 0 Å². The third-order valence-corrected chi connectivity index (χ3v) is 7.96. The molecule has 0 bridgehead atoms. The first-order valence-electron chi connectivity index (χ1n) is 12.1. The van der Waals surface area contributed by atoms with E-state index in [2.05, 4.69) is 4.99 Å². The van der Waals surface area contributed by atoms with Crippen molar-refractivity contribution in [3.8, 4) is 11.5 Å². The monoisotopic (exact) mass is 546 g/mol. The highest BCUT2D eigenvalue weighted by Gasteiger charge is 2.33. The van der Waals surface area contributed by atoms with Crippen molar-refractivity contribution < 1.29 is 19.0 Å². The van der Waals surface area contributed by atoms with Gasteiger partial charge in [-0.3, -0.25) is 9.36 Å². The Morgan fingerprint density at radius 3 is 2.63 bits per heavy atom. The van der Waals surface area contributed by atoms with E-state index in [-0.39, 0.29) is 12.2 Å². The predicted molar refractivity (Wildman–Crippen MR) is 148 cm³/mol. The number of nitrogens with zero attached hydrogens (tertiary/aromatic N) is 2. The zero-order chi connectivity index (χ0) is 26.6. The number of ether oxygens (including phenoxy) is 3. The lowest BCUT2D eigenvalue weighted by Gasteiger charge is -2.23. The number of hydrogen-bond donors (Lipinski definition) is 0. The van der Waals surface area contributed by atoms with Crippen LogP contribution in [-0.4, -0.2) is 24.3 Å². The molecule has 2 aromatic carbocycles. The molecule has 4 aromatic rings. The van der Waals surface area contributed by atoms with Crippen LogP contribution in [0.15, 0.2) is 87.1 Å². The summed E-state index contributed by atoms with van der Waals surface area (Å²) in [4.78, 5) is 32.6. The van der Waals surface area contributed by atoms with Crippen LogP contribution in [0.2, 0.25) is 0 Å². The molecule has 0 N–H and O–H groups in total. The Morgan fingerprint density at radius 1 is 1.11 bits per heavy atom. The van der Waals surface area contributed by atoms with Crippen molar-refractivity contribution in [2.45, 2.75) is 26.5 Å². The number of carbonyl (C=O) groups is 1. The summed E-state index contributed by atoms with van der Waals surface area (Å²) in [5.74, 6) is 0.721. The van der Waals surface area contributed by atoms with Crippen LogP contribution in [0.5, 0.6) is 11.5 Å². The lowest BCUT2D eigenvalue weighted by Crippen LogP contribution is -2.39. The molecular weight excluding hydrogens is 520 g/mol. The van der Waals surface area contributed by atoms with Gasteiger partial charge in [-0.15, -0.1) is 11.3 Å². The summed E-state index contributed by atoms with van der Waals surface area (Å²) in [5.41, 5.74) is 2.56. The zero-order valence-electron chi connectivity index (χ0n) is 21.2. The fourth-order valence-electron chi connectivity index (χ4n) is 4.29. The van der Waals surface area contributed by atoms with Crippen LogP contribution in [0.4, 0.5) is 0 Å². The summed E-state index contributed by atoms with van der Waals surface area (Å²) in [6.07, 6.45) is 1.81. The molecule has 1 aliphatic heterocycles. The van der Waals surface area contributed by atoms with Gasteiger partial charge in [-0.05, 0) is 54.6 Å². The molecule has 0 spiro atoms. The smallest absolute Gasteiger partial charge is 0.338 e. The average molecular weight is 547 g/mol. The van der Waals surface area contributed by atoms with Gasteiger partial charge >= 0.3 is 5.97 Å². The van der Waals surface area contributed by atoms with Gasteiger partial charge in [-0.25, -0.2) is 9.79 Å². The quantitative estimate of drug-likeness (QED) is 0.305. The topological polar surface area (TPSA) is 79.1 Å². The fraction of sp³-hybridized carbons (Fsp3) is 0.207. The van der Waals surface area contributed by atoms with E-state index in [1.54, 1.807) is 25.5 Å². The highest BCUT2D eigenvalue weighted by atomic mass is 32.1. The van der Waals surface area contributed by atoms with Gasteiger partial charge < -0.3 is 14.2 Å². The first kappa shape index (κ1) is 25.7. The maximum Gasteiger partial charge on any atom is 0.338 e. The van der Waals surface area contributed by atoms with Crippen molar-refractivity contribution >= 4 is 34.7 Å². The van der Waals surface area contributed by atoms with Gasteiger partial charge in [0.25, 0.3) is 5.56 Å². The molecule has 0 unspecified atom stereocenters. The van der Waals surface area contributed by atoms with Crippen LogP contribution in [0.3, 0.4) is 0 Å². The summed E-state index contributed by atoms with van der Waals surface area (Å²) >= 11 is 2.77. The summed E-state index contributed by atoms with van der Waals surface area (Å²) in [6.45, 7) is 4.20. The van der Waals surface area contributed by atoms with Crippen LogP contribution >= 0.6 is 22.7 Å². The molecular formula is C29H26N2O5S2.